The molecule has 1 aliphatic rings. The minimum absolute atomic E-state index is 0.121. The van der Waals surface area contributed by atoms with Gasteiger partial charge in [0.25, 0.3) is 0 Å². The number of halogens is 2. The largest absolute Gasteiger partial charge is 0.305 e. The second-order valence-corrected chi connectivity index (χ2v) is 5.24. The van der Waals surface area contributed by atoms with E-state index in [1.54, 1.807) is 18.2 Å². The fraction of sp³-hybridized carbons (Fsp3) is 0.462. The average molecular weight is 272 g/mol. The molecule has 0 spiro atoms. The predicted octanol–water partition coefficient (Wildman–Crippen LogP) is 3.71. The normalized spacial score (nSPS) is 23.9. The summed E-state index contributed by atoms with van der Waals surface area (Å²) in [6.07, 6.45) is 2.73. The summed E-state index contributed by atoms with van der Waals surface area (Å²) < 4.78 is 0. The van der Waals surface area contributed by atoms with E-state index in [9.17, 15) is 4.79 Å². The summed E-state index contributed by atoms with van der Waals surface area (Å²) >= 11 is 11.8. The monoisotopic (exact) mass is 271 g/mol. The Morgan fingerprint density at radius 1 is 1.41 bits per heavy atom. The minimum Gasteiger partial charge on any atom is -0.305 e. The molecule has 1 N–H and O–H groups in total. The molecule has 1 atom stereocenters. The summed E-state index contributed by atoms with van der Waals surface area (Å²) in [5, 5.41) is 4.24. The lowest BCUT2D eigenvalue weighted by Crippen LogP contribution is -2.47. The molecular weight excluding hydrogens is 257 g/mol. The standard InChI is InChI=1S/C13H15Cl2NO/c1-2-13(6-3-7-16-13)12(17)9-4-5-10(14)11(15)8-9/h4-5,8,16H,2-3,6-7H2,1H3. The van der Waals surface area contributed by atoms with Crippen LogP contribution < -0.4 is 5.32 Å². The molecule has 0 bridgehead atoms. The molecule has 92 valence electrons. The van der Waals surface area contributed by atoms with Crippen molar-refractivity contribution in [2.45, 2.75) is 31.7 Å². The van der Waals surface area contributed by atoms with Gasteiger partial charge in [0.05, 0.1) is 15.6 Å². The van der Waals surface area contributed by atoms with Crippen LogP contribution in [0.4, 0.5) is 0 Å². The van der Waals surface area contributed by atoms with Crippen LogP contribution in [0.2, 0.25) is 10.0 Å². The SMILES string of the molecule is CCC1(C(=O)c2ccc(Cl)c(Cl)c2)CCCN1. The molecule has 0 amide bonds. The zero-order valence-corrected chi connectivity index (χ0v) is 11.2. The Morgan fingerprint density at radius 2 is 2.18 bits per heavy atom. The first-order valence-corrected chi connectivity index (χ1v) is 6.59. The molecule has 2 rings (SSSR count). The number of benzene rings is 1. The van der Waals surface area contributed by atoms with Crippen molar-refractivity contribution in [1.29, 1.82) is 0 Å². The van der Waals surface area contributed by atoms with Gasteiger partial charge in [0.2, 0.25) is 0 Å². The number of Topliss-reactive ketones (excluding diaryl/α,β-unsaturated/α-hetero) is 1. The lowest BCUT2D eigenvalue weighted by atomic mass is 9.85. The summed E-state index contributed by atoms with van der Waals surface area (Å²) in [5.74, 6) is 0.121. The smallest absolute Gasteiger partial charge is 0.182 e. The van der Waals surface area contributed by atoms with Crippen LogP contribution in [-0.2, 0) is 0 Å². The average Bonchev–Trinajstić information content (AvgIpc) is 2.81. The third kappa shape index (κ3) is 2.35. The zero-order valence-electron chi connectivity index (χ0n) is 9.72. The van der Waals surface area contributed by atoms with Gasteiger partial charge in [0.1, 0.15) is 0 Å². The first-order valence-electron chi connectivity index (χ1n) is 5.84. The van der Waals surface area contributed by atoms with E-state index in [-0.39, 0.29) is 5.78 Å². The molecule has 1 saturated heterocycles. The van der Waals surface area contributed by atoms with Gasteiger partial charge >= 0.3 is 0 Å². The Hall–Kier alpha value is -0.570. The zero-order chi connectivity index (χ0) is 12.5. The maximum atomic E-state index is 12.5. The van der Waals surface area contributed by atoms with E-state index in [0.29, 0.717) is 15.6 Å². The predicted molar refractivity (Wildman–Crippen MR) is 71.1 cm³/mol. The molecule has 1 fully saturated rings. The maximum absolute atomic E-state index is 12.5. The molecule has 1 aromatic rings. The summed E-state index contributed by atoms with van der Waals surface area (Å²) in [4.78, 5) is 12.5. The second kappa shape index (κ2) is 4.97. The Balaban J connectivity index is 2.32. The highest BCUT2D eigenvalue weighted by molar-refractivity contribution is 6.42. The third-order valence-electron chi connectivity index (χ3n) is 3.46. The summed E-state index contributed by atoms with van der Waals surface area (Å²) in [7, 11) is 0. The quantitative estimate of drug-likeness (QED) is 0.850. The fourth-order valence-electron chi connectivity index (χ4n) is 2.38. The summed E-state index contributed by atoms with van der Waals surface area (Å²) in [6, 6.07) is 5.08. The molecule has 1 aromatic carbocycles. The Labute approximate surface area is 111 Å². The van der Waals surface area contributed by atoms with Crippen molar-refractivity contribution in [3.8, 4) is 0 Å². The summed E-state index contributed by atoms with van der Waals surface area (Å²) in [5.41, 5.74) is 0.229. The first-order chi connectivity index (χ1) is 8.09. The Kier molecular flexibility index (Phi) is 3.76. The van der Waals surface area contributed by atoms with Gasteiger partial charge in [-0.05, 0) is 44.0 Å². The first kappa shape index (κ1) is 12.9. The van der Waals surface area contributed by atoms with Gasteiger partial charge in [-0.2, -0.15) is 0 Å². The maximum Gasteiger partial charge on any atom is 0.182 e. The van der Waals surface area contributed by atoms with Crippen molar-refractivity contribution in [1.82, 2.24) is 5.32 Å². The Morgan fingerprint density at radius 3 is 2.71 bits per heavy atom. The molecule has 0 aromatic heterocycles. The van der Waals surface area contributed by atoms with E-state index in [1.807, 2.05) is 6.92 Å². The second-order valence-electron chi connectivity index (χ2n) is 4.42. The van der Waals surface area contributed by atoms with Gasteiger partial charge in [0, 0.05) is 5.56 Å². The number of rotatable bonds is 3. The molecule has 0 radical (unpaired) electrons. The van der Waals surface area contributed by atoms with Crippen LogP contribution in [0.3, 0.4) is 0 Å². The van der Waals surface area contributed by atoms with Crippen LogP contribution in [0.1, 0.15) is 36.5 Å². The number of hydrogen-bond donors (Lipinski definition) is 1. The molecule has 0 saturated carbocycles. The van der Waals surface area contributed by atoms with Crippen LogP contribution in [0.5, 0.6) is 0 Å². The fourth-order valence-corrected chi connectivity index (χ4v) is 2.67. The molecule has 1 aliphatic heterocycles. The van der Waals surface area contributed by atoms with E-state index in [1.165, 1.54) is 0 Å². The van der Waals surface area contributed by atoms with Gasteiger partial charge in [-0.1, -0.05) is 30.1 Å². The molecule has 0 aliphatic carbocycles. The van der Waals surface area contributed by atoms with Crippen molar-refractivity contribution in [3.05, 3.63) is 33.8 Å². The van der Waals surface area contributed by atoms with E-state index >= 15 is 0 Å². The minimum atomic E-state index is -0.406. The number of hydrogen-bond acceptors (Lipinski definition) is 2. The molecule has 1 unspecified atom stereocenters. The molecule has 1 heterocycles. The van der Waals surface area contributed by atoms with Crippen molar-refractivity contribution in [2.24, 2.45) is 0 Å². The number of nitrogens with one attached hydrogen (secondary N) is 1. The van der Waals surface area contributed by atoms with Crippen LogP contribution in [-0.4, -0.2) is 17.9 Å². The molecule has 2 nitrogen and oxygen atoms in total. The highest BCUT2D eigenvalue weighted by Crippen LogP contribution is 2.30. The topological polar surface area (TPSA) is 29.1 Å². The van der Waals surface area contributed by atoms with Crippen LogP contribution in [0, 0.1) is 0 Å². The van der Waals surface area contributed by atoms with E-state index in [4.69, 9.17) is 23.2 Å². The van der Waals surface area contributed by atoms with E-state index in [0.717, 1.165) is 25.8 Å². The van der Waals surface area contributed by atoms with Gasteiger partial charge in [0.15, 0.2) is 5.78 Å². The molecular formula is C13H15Cl2NO. The highest BCUT2D eigenvalue weighted by Gasteiger charge is 2.39. The van der Waals surface area contributed by atoms with E-state index in [2.05, 4.69) is 5.32 Å². The summed E-state index contributed by atoms with van der Waals surface area (Å²) in [6.45, 7) is 2.94. The van der Waals surface area contributed by atoms with Gasteiger partial charge in [-0.25, -0.2) is 0 Å². The van der Waals surface area contributed by atoms with Crippen molar-refractivity contribution >= 4 is 29.0 Å². The van der Waals surface area contributed by atoms with Crippen molar-refractivity contribution in [3.63, 3.8) is 0 Å². The third-order valence-corrected chi connectivity index (χ3v) is 4.20. The highest BCUT2D eigenvalue weighted by atomic mass is 35.5. The number of carbonyl (C=O) groups is 1. The van der Waals surface area contributed by atoms with Crippen molar-refractivity contribution < 1.29 is 4.79 Å². The van der Waals surface area contributed by atoms with Gasteiger partial charge in [-0.3, -0.25) is 4.79 Å². The molecule has 17 heavy (non-hydrogen) atoms. The lowest BCUT2D eigenvalue weighted by Gasteiger charge is -2.26. The van der Waals surface area contributed by atoms with Crippen molar-refractivity contribution in [2.75, 3.05) is 6.54 Å². The van der Waals surface area contributed by atoms with Crippen LogP contribution in [0.15, 0.2) is 18.2 Å². The van der Waals surface area contributed by atoms with Gasteiger partial charge in [-0.15, -0.1) is 0 Å². The molecule has 4 heteroatoms. The Bertz CT molecular complexity index is 439. The van der Waals surface area contributed by atoms with Crippen LogP contribution in [0.25, 0.3) is 0 Å². The van der Waals surface area contributed by atoms with Crippen LogP contribution >= 0.6 is 23.2 Å². The van der Waals surface area contributed by atoms with E-state index < -0.39 is 5.54 Å². The number of ketones is 1. The number of carbonyl (C=O) groups excluding carboxylic acids is 1. The lowest BCUT2D eigenvalue weighted by molar-refractivity contribution is 0.0864. The van der Waals surface area contributed by atoms with Gasteiger partial charge < -0.3 is 5.32 Å².